The van der Waals surface area contributed by atoms with Crippen LogP contribution in [0.5, 0.6) is 5.75 Å². The van der Waals surface area contributed by atoms with E-state index in [2.05, 4.69) is 9.97 Å². The van der Waals surface area contributed by atoms with Gasteiger partial charge in [0, 0.05) is 6.20 Å². The van der Waals surface area contributed by atoms with E-state index in [1.54, 1.807) is 32.2 Å². The molecule has 0 fully saturated rings. The molecule has 0 aliphatic carbocycles. The molecule has 0 unspecified atom stereocenters. The number of phosphoric acid groups is 1. The Morgan fingerprint density at radius 2 is 1.55 bits per heavy atom. The van der Waals surface area contributed by atoms with Gasteiger partial charge < -0.3 is 4.52 Å². The molecule has 0 aliphatic heterocycles. The second kappa shape index (κ2) is 7.49. The first kappa shape index (κ1) is 16.6. The van der Waals surface area contributed by atoms with Gasteiger partial charge in [-0.3, -0.25) is 19.0 Å². The average molecular weight is 322 g/mol. The Kier molecular flexibility index (Phi) is 5.66. The van der Waals surface area contributed by atoms with Gasteiger partial charge in [0.1, 0.15) is 5.75 Å². The van der Waals surface area contributed by atoms with Gasteiger partial charge in [0.25, 0.3) is 0 Å². The third kappa shape index (κ3) is 4.37. The smallest absolute Gasteiger partial charge is 0.402 e. The van der Waals surface area contributed by atoms with Crippen molar-refractivity contribution < 1.29 is 18.1 Å². The van der Waals surface area contributed by atoms with E-state index in [0.29, 0.717) is 11.4 Å². The molecule has 6 nitrogen and oxygen atoms in total. The van der Waals surface area contributed by atoms with E-state index in [1.807, 2.05) is 19.1 Å². The highest BCUT2D eigenvalue weighted by Crippen LogP contribution is 2.49. The van der Waals surface area contributed by atoms with Crippen LogP contribution < -0.4 is 4.52 Å². The molecule has 0 aliphatic rings. The summed E-state index contributed by atoms with van der Waals surface area (Å²) in [6.07, 6.45) is 3.25. The molecule has 2 rings (SSSR count). The maximum Gasteiger partial charge on any atom is 0.530 e. The molecule has 2 heterocycles. The van der Waals surface area contributed by atoms with E-state index in [9.17, 15) is 4.57 Å². The highest BCUT2D eigenvalue weighted by atomic mass is 31.2. The van der Waals surface area contributed by atoms with Crippen LogP contribution in [0.4, 0.5) is 0 Å². The Morgan fingerprint density at radius 3 is 2.00 bits per heavy atom. The van der Waals surface area contributed by atoms with Gasteiger partial charge in [-0.2, -0.15) is 0 Å². The number of nitrogens with zero attached hydrogens (tertiary/aromatic N) is 2. The van der Waals surface area contributed by atoms with Crippen molar-refractivity contribution in [2.45, 2.75) is 20.8 Å². The number of aromatic nitrogens is 2. The summed E-state index contributed by atoms with van der Waals surface area (Å²) in [4.78, 5) is 8.57. The van der Waals surface area contributed by atoms with Crippen LogP contribution in [-0.4, -0.2) is 23.2 Å². The predicted octanol–water partition coefficient (Wildman–Crippen LogP) is 4.01. The molecule has 0 saturated carbocycles. The zero-order chi connectivity index (χ0) is 16.0. The highest BCUT2D eigenvalue weighted by Gasteiger charge is 2.27. The summed E-state index contributed by atoms with van der Waals surface area (Å²) in [7, 11) is -3.59. The van der Waals surface area contributed by atoms with Crippen LogP contribution in [-0.2, 0) is 13.6 Å². The third-order valence-electron chi connectivity index (χ3n) is 2.70. The number of hydrogen-bond donors (Lipinski definition) is 0. The second-order valence-electron chi connectivity index (χ2n) is 4.47. The summed E-state index contributed by atoms with van der Waals surface area (Å²) >= 11 is 0. The molecule has 0 bridgehead atoms. The molecule has 0 aromatic carbocycles. The Bertz CT molecular complexity index is 634. The number of phosphoric ester groups is 1. The van der Waals surface area contributed by atoms with Crippen molar-refractivity contribution in [3.8, 4) is 17.1 Å². The average Bonchev–Trinajstić information content (AvgIpc) is 2.49. The van der Waals surface area contributed by atoms with Crippen LogP contribution in [0.2, 0.25) is 0 Å². The first-order valence-electron chi connectivity index (χ1n) is 7.04. The van der Waals surface area contributed by atoms with Gasteiger partial charge in [-0.25, -0.2) is 4.57 Å². The van der Waals surface area contributed by atoms with E-state index in [0.717, 1.165) is 11.3 Å². The van der Waals surface area contributed by atoms with Crippen molar-refractivity contribution in [1.29, 1.82) is 0 Å². The molecule has 0 saturated heterocycles. The molecule has 0 spiro atoms. The second-order valence-corrected chi connectivity index (χ2v) is 6.07. The molecular formula is C15H19N2O4P. The van der Waals surface area contributed by atoms with Crippen LogP contribution in [0.1, 0.15) is 19.4 Å². The lowest BCUT2D eigenvalue weighted by Crippen LogP contribution is -2.02. The summed E-state index contributed by atoms with van der Waals surface area (Å²) in [5, 5.41) is 0. The third-order valence-corrected chi connectivity index (χ3v) is 4.29. The van der Waals surface area contributed by atoms with Crippen molar-refractivity contribution >= 4 is 7.82 Å². The van der Waals surface area contributed by atoms with E-state index in [1.165, 1.54) is 6.20 Å². The fourth-order valence-electron chi connectivity index (χ4n) is 1.74. The summed E-state index contributed by atoms with van der Waals surface area (Å²) in [5.41, 5.74) is 2.54. The van der Waals surface area contributed by atoms with Crippen LogP contribution in [0.3, 0.4) is 0 Å². The van der Waals surface area contributed by atoms with Crippen LogP contribution in [0.15, 0.2) is 36.7 Å². The van der Waals surface area contributed by atoms with E-state index in [4.69, 9.17) is 13.6 Å². The number of aryl methyl sites for hydroxylation is 1. The molecule has 7 heteroatoms. The monoisotopic (exact) mass is 322 g/mol. The van der Waals surface area contributed by atoms with Gasteiger partial charge in [-0.15, -0.1) is 0 Å². The zero-order valence-electron chi connectivity index (χ0n) is 12.9. The number of pyridine rings is 2. The predicted molar refractivity (Wildman–Crippen MR) is 83.7 cm³/mol. The van der Waals surface area contributed by atoms with E-state index in [-0.39, 0.29) is 13.2 Å². The van der Waals surface area contributed by atoms with Crippen LogP contribution in [0, 0.1) is 6.92 Å². The number of hydrogen-bond acceptors (Lipinski definition) is 6. The first-order valence-corrected chi connectivity index (χ1v) is 8.50. The summed E-state index contributed by atoms with van der Waals surface area (Å²) in [6, 6.07) is 7.26. The maximum atomic E-state index is 12.3. The van der Waals surface area contributed by atoms with Gasteiger partial charge >= 0.3 is 7.82 Å². The van der Waals surface area contributed by atoms with Crippen LogP contribution >= 0.6 is 7.82 Å². The maximum absolute atomic E-state index is 12.3. The number of rotatable bonds is 7. The first-order chi connectivity index (χ1) is 10.6. The topological polar surface area (TPSA) is 70.5 Å². The summed E-state index contributed by atoms with van der Waals surface area (Å²) < 4.78 is 27.7. The lowest BCUT2D eigenvalue weighted by molar-refractivity contribution is 0.167. The van der Waals surface area contributed by atoms with Crippen molar-refractivity contribution in [3.63, 3.8) is 0 Å². The highest BCUT2D eigenvalue weighted by molar-refractivity contribution is 7.48. The molecule has 0 N–H and O–H groups in total. The van der Waals surface area contributed by atoms with Crippen molar-refractivity contribution in [2.24, 2.45) is 0 Å². The molecular weight excluding hydrogens is 303 g/mol. The minimum Gasteiger partial charge on any atom is -0.402 e. The van der Waals surface area contributed by atoms with E-state index < -0.39 is 7.82 Å². The Hall–Kier alpha value is -1.75. The van der Waals surface area contributed by atoms with Crippen LogP contribution in [0.25, 0.3) is 11.4 Å². The zero-order valence-corrected chi connectivity index (χ0v) is 13.7. The molecule has 118 valence electrons. The normalized spacial score (nSPS) is 11.4. The van der Waals surface area contributed by atoms with Gasteiger partial charge in [0.2, 0.25) is 0 Å². The van der Waals surface area contributed by atoms with Crippen molar-refractivity contribution in [3.05, 3.63) is 42.2 Å². The molecule has 22 heavy (non-hydrogen) atoms. The standard InChI is InChI=1S/C15H19N2O4P/c1-4-19-22(18,20-5-2)21-13-7-9-15(17-11-13)14-8-6-12(3)10-16-14/h6-11H,4-5H2,1-3H3. The quantitative estimate of drug-likeness (QED) is 0.717. The SMILES string of the molecule is CCOP(=O)(OCC)Oc1ccc(-c2ccc(C)cn2)nc1. The molecule has 0 atom stereocenters. The Balaban J connectivity index is 2.14. The van der Waals surface area contributed by atoms with Gasteiger partial charge in [0.15, 0.2) is 0 Å². The molecule has 2 aromatic heterocycles. The summed E-state index contributed by atoms with van der Waals surface area (Å²) in [6.45, 7) is 5.88. The minimum atomic E-state index is -3.59. The Labute approximate surface area is 130 Å². The molecule has 0 radical (unpaired) electrons. The largest absolute Gasteiger partial charge is 0.530 e. The fraction of sp³-hybridized carbons (Fsp3) is 0.333. The van der Waals surface area contributed by atoms with E-state index >= 15 is 0 Å². The minimum absolute atomic E-state index is 0.232. The van der Waals surface area contributed by atoms with Crippen molar-refractivity contribution in [2.75, 3.05) is 13.2 Å². The lowest BCUT2D eigenvalue weighted by Gasteiger charge is -2.16. The molecule has 2 aromatic rings. The fourth-order valence-corrected chi connectivity index (χ4v) is 2.92. The van der Waals surface area contributed by atoms with Gasteiger partial charge in [-0.05, 0) is 44.5 Å². The molecule has 0 amide bonds. The van der Waals surface area contributed by atoms with Gasteiger partial charge in [0.05, 0.1) is 30.8 Å². The summed E-state index contributed by atoms with van der Waals surface area (Å²) in [5.74, 6) is 0.320. The Morgan fingerprint density at radius 1 is 0.955 bits per heavy atom. The van der Waals surface area contributed by atoms with Gasteiger partial charge in [-0.1, -0.05) is 6.07 Å². The lowest BCUT2D eigenvalue weighted by atomic mass is 10.2. The van der Waals surface area contributed by atoms with Crippen molar-refractivity contribution in [1.82, 2.24) is 9.97 Å².